The topological polar surface area (TPSA) is 65.4 Å². The van der Waals surface area contributed by atoms with E-state index >= 15 is 0 Å². The van der Waals surface area contributed by atoms with Crippen molar-refractivity contribution in [2.24, 2.45) is 0 Å². The lowest BCUT2D eigenvalue weighted by Gasteiger charge is -2.13. The minimum Gasteiger partial charge on any atom is -0.493 e. The summed E-state index contributed by atoms with van der Waals surface area (Å²) < 4.78 is 39.6. The average molecular weight is 415 g/mol. The number of carbonyl (C=O) groups excluding carboxylic acids is 1. The summed E-state index contributed by atoms with van der Waals surface area (Å²) in [6, 6.07) is 8.74. The molecule has 6 nitrogen and oxygen atoms in total. The Hall–Kier alpha value is -3.42. The molecule has 0 fully saturated rings. The predicted molar refractivity (Wildman–Crippen MR) is 109 cm³/mol. The third kappa shape index (κ3) is 4.76. The first-order valence-electron chi connectivity index (χ1n) is 9.39. The zero-order chi connectivity index (χ0) is 21.7. The van der Waals surface area contributed by atoms with Gasteiger partial charge in [-0.2, -0.15) is 5.10 Å². The normalized spacial score (nSPS) is 10.7. The van der Waals surface area contributed by atoms with Crippen LogP contribution in [0.15, 0.2) is 42.6 Å². The first-order valence-corrected chi connectivity index (χ1v) is 9.39. The van der Waals surface area contributed by atoms with E-state index in [1.807, 2.05) is 12.1 Å². The molecule has 0 atom stereocenters. The van der Waals surface area contributed by atoms with Gasteiger partial charge in [0.2, 0.25) is 5.91 Å². The van der Waals surface area contributed by atoms with Gasteiger partial charge in [0.25, 0.3) is 0 Å². The molecule has 1 aromatic heterocycles. The minimum absolute atomic E-state index is 0.00322. The lowest BCUT2D eigenvalue weighted by molar-refractivity contribution is -0.116. The molecule has 30 heavy (non-hydrogen) atoms. The predicted octanol–water partition coefficient (Wildman–Crippen LogP) is 4.11. The van der Waals surface area contributed by atoms with Crippen molar-refractivity contribution < 1.29 is 23.0 Å². The van der Waals surface area contributed by atoms with Crippen molar-refractivity contribution >= 4 is 11.7 Å². The van der Waals surface area contributed by atoms with Gasteiger partial charge in [-0.1, -0.05) is 12.1 Å². The highest BCUT2D eigenvalue weighted by atomic mass is 19.1. The Morgan fingerprint density at radius 3 is 2.67 bits per heavy atom. The Balaban J connectivity index is 1.71. The molecule has 1 N–H and O–H groups in total. The second-order valence-corrected chi connectivity index (χ2v) is 6.77. The molecular weight excluding hydrogens is 392 g/mol. The number of rotatable bonds is 8. The largest absolute Gasteiger partial charge is 0.493 e. The molecule has 0 aliphatic rings. The highest BCUT2D eigenvalue weighted by molar-refractivity contribution is 5.90. The van der Waals surface area contributed by atoms with E-state index in [1.54, 1.807) is 33.4 Å². The first-order chi connectivity index (χ1) is 14.4. The van der Waals surface area contributed by atoms with Gasteiger partial charge in [0.15, 0.2) is 11.5 Å². The van der Waals surface area contributed by atoms with Crippen molar-refractivity contribution in [3.8, 4) is 11.5 Å². The summed E-state index contributed by atoms with van der Waals surface area (Å²) in [5.74, 6) is 0.336. The molecule has 0 spiro atoms. The summed E-state index contributed by atoms with van der Waals surface area (Å²) in [6.07, 6.45) is 2.21. The van der Waals surface area contributed by atoms with Gasteiger partial charge in [0.05, 0.1) is 27.0 Å². The van der Waals surface area contributed by atoms with Gasteiger partial charge in [0.1, 0.15) is 17.5 Å². The van der Waals surface area contributed by atoms with E-state index < -0.39 is 11.6 Å². The number of anilines is 1. The Labute approximate surface area is 173 Å². The highest BCUT2D eigenvalue weighted by Gasteiger charge is 2.15. The molecule has 0 unspecified atom stereocenters. The molecule has 0 aliphatic heterocycles. The maximum atomic E-state index is 14.0. The van der Waals surface area contributed by atoms with E-state index in [0.717, 1.165) is 29.3 Å². The molecule has 0 aliphatic carbocycles. The summed E-state index contributed by atoms with van der Waals surface area (Å²) in [5, 5.41) is 7.00. The number of para-hydroxylation sites is 1. The van der Waals surface area contributed by atoms with Gasteiger partial charge < -0.3 is 14.8 Å². The summed E-state index contributed by atoms with van der Waals surface area (Å²) in [6.45, 7) is 1.78. The van der Waals surface area contributed by atoms with Crippen molar-refractivity contribution in [2.75, 3.05) is 19.5 Å². The van der Waals surface area contributed by atoms with Gasteiger partial charge in [-0.3, -0.25) is 4.79 Å². The van der Waals surface area contributed by atoms with E-state index in [0.29, 0.717) is 23.7 Å². The highest BCUT2D eigenvalue weighted by Crippen LogP contribution is 2.31. The number of carbonyl (C=O) groups is 1. The van der Waals surface area contributed by atoms with E-state index in [2.05, 4.69) is 10.4 Å². The Morgan fingerprint density at radius 1 is 1.13 bits per heavy atom. The van der Waals surface area contributed by atoms with Crippen LogP contribution in [0.1, 0.15) is 23.1 Å². The number of aromatic nitrogens is 2. The first kappa shape index (κ1) is 21.3. The molecule has 3 rings (SSSR count). The molecule has 0 bridgehead atoms. The van der Waals surface area contributed by atoms with E-state index in [-0.39, 0.29) is 24.4 Å². The van der Waals surface area contributed by atoms with Crippen molar-refractivity contribution in [3.63, 3.8) is 0 Å². The molecule has 0 saturated carbocycles. The van der Waals surface area contributed by atoms with Crippen LogP contribution < -0.4 is 14.8 Å². The van der Waals surface area contributed by atoms with Gasteiger partial charge >= 0.3 is 0 Å². The second-order valence-electron chi connectivity index (χ2n) is 6.77. The summed E-state index contributed by atoms with van der Waals surface area (Å²) in [7, 11) is 3.11. The van der Waals surface area contributed by atoms with E-state index in [4.69, 9.17) is 9.47 Å². The Bertz CT molecular complexity index is 1050. The summed E-state index contributed by atoms with van der Waals surface area (Å²) in [4.78, 5) is 12.6. The molecular formula is C22H23F2N3O3. The Morgan fingerprint density at radius 2 is 1.93 bits per heavy atom. The molecule has 8 heteroatoms. The summed E-state index contributed by atoms with van der Waals surface area (Å²) >= 11 is 0. The standard InChI is InChI=1S/C22H23F2N3O3/c1-14-12-25-27(13-16-11-17(23)8-9-18(16)24)22(14)26-20(28)10-7-15-5-4-6-19(29-2)21(15)30-3/h4-6,8-9,11-12H,7,10,13H2,1-3H3,(H,26,28). The fraction of sp³-hybridized carbons (Fsp3) is 0.273. The molecule has 1 amide bonds. The zero-order valence-corrected chi connectivity index (χ0v) is 17.0. The SMILES string of the molecule is COc1cccc(CCC(=O)Nc2c(C)cnn2Cc2cc(F)ccc2F)c1OC. The van der Waals surface area contributed by atoms with Crippen LogP contribution in [0.2, 0.25) is 0 Å². The van der Waals surface area contributed by atoms with Crippen LogP contribution in [0.3, 0.4) is 0 Å². The number of methoxy groups -OCH3 is 2. The van der Waals surface area contributed by atoms with Crippen LogP contribution in [0.5, 0.6) is 11.5 Å². The monoisotopic (exact) mass is 415 g/mol. The maximum Gasteiger partial charge on any atom is 0.225 e. The quantitative estimate of drug-likeness (QED) is 0.602. The number of nitrogens with zero attached hydrogens (tertiary/aromatic N) is 2. The van der Waals surface area contributed by atoms with Crippen molar-refractivity contribution in [1.82, 2.24) is 9.78 Å². The number of halogens is 2. The number of benzene rings is 2. The van der Waals surface area contributed by atoms with Crippen LogP contribution in [-0.4, -0.2) is 29.9 Å². The molecule has 0 radical (unpaired) electrons. The maximum absolute atomic E-state index is 14.0. The molecule has 0 saturated heterocycles. The smallest absolute Gasteiger partial charge is 0.225 e. The molecule has 158 valence electrons. The summed E-state index contributed by atoms with van der Waals surface area (Å²) in [5.41, 5.74) is 1.72. The minimum atomic E-state index is -0.535. The number of hydrogen-bond acceptors (Lipinski definition) is 4. The van der Waals surface area contributed by atoms with Gasteiger partial charge in [-0.05, 0) is 43.2 Å². The van der Waals surface area contributed by atoms with Crippen molar-refractivity contribution in [3.05, 3.63) is 70.9 Å². The van der Waals surface area contributed by atoms with E-state index in [9.17, 15) is 13.6 Å². The van der Waals surface area contributed by atoms with Crippen LogP contribution in [0.25, 0.3) is 0 Å². The van der Waals surface area contributed by atoms with E-state index in [1.165, 1.54) is 4.68 Å². The van der Waals surface area contributed by atoms with Crippen LogP contribution in [-0.2, 0) is 17.8 Å². The lowest BCUT2D eigenvalue weighted by atomic mass is 10.1. The molecule has 3 aromatic rings. The third-order valence-corrected chi connectivity index (χ3v) is 4.71. The van der Waals surface area contributed by atoms with Crippen LogP contribution >= 0.6 is 0 Å². The van der Waals surface area contributed by atoms with Crippen molar-refractivity contribution in [1.29, 1.82) is 0 Å². The lowest BCUT2D eigenvalue weighted by Crippen LogP contribution is -2.17. The number of nitrogens with one attached hydrogen (secondary N) is 1. The number of amides is 1. The van der Waals surface area contributed by atoms with Crippen LogP contribution in [0.4, 0.5) is 14.6 Å². The third-order valence-electron chi connectivity index (χ3n) is 4.71. The second kappa shape index (κ2) is 9.39. The fourth-order valence-corrected chi connectivity index (χ4v) is 3.18. The Kier molecular flexibility index (Phi) is 6.66. The zero-order valence-electron chi connectivity index (χ0n) is 17.0. The number of aryl methyl sites for hydroxylation is 2. The van der Waals surface area contributed by atoms with Gasteiger partial charge in [-0.25, -0.2) is 13.5 Å². The van der Waals surface area contributed by atoms with Crippen molar-refractivity contribution in [2.45, 2.75) is 26.3 Å². The fourth-order valence-electron chi connectivity index (χ4n) is 3.18. The van der Waals surface area contributed by atoms with Gasteiger partial charge in [-0.15, -0.1) is 0 Å². The van der Waals surface area contributed by atoms with Crippen LogP contribution in [0, 0.1) is 18.6 Å². The molecule has 1 heterocycles. The molecule has 2 aromatic carbocycles. The van der Waals surface area contributed by atoms with Gasteiger partial charge in [0, 0.05) is 17.5 Å². The number of hydrogen-bond donors (Lipinski definition) is 1. The number of ether oxygens (including phenoxy) is 2. The average Bonchev–Trinajstić information content (AvgIpc) is 3.07.